The highest BCUT2D eigenvalue weighted by Gasteiger charge is 2.67. The quantitative estimate of drug-likeness (QED) is 0.845. The SMILES string of the molecule is O=C(OCC1c2ccccc2-c2ccccc21)N1CC2(CCC2)C(F)(C(=O)O)C1. The molecule has 1 amide bonds. The third kappa shape index (κ3) is 2.51. The van der Waals surface area contributed by atoms with Crippen LogP contribution in [0.15, 0.2) is 48.5 Å². The van der Waals surface area contributed by atoms with Crippen LogP contribution in [0.25, 0.3) is 11.1 Å². The van der Waals surface area contributed by atoms with E-state index in [1.165, 1.54) is 4.90 Å². The lowest BCUT2D eigenvalue weighted by molar-refractivity contribution is -0.162. The highest BCUT2D eigenvalue weighted by molar-refractivity contribution is 5.82. The molecule has 150 valence electrons. The first kappa shape index (κ1) is 18.2. The number of nitrogens with zero attached hydrogens (tertiary/aromatic N) is 1. The van der Waals surface area contributed by atoms with Crippen LogP contribution in [-0.4, -0.2) is 47.4 Å². The van der Waals surface area contributed by atoms with Crippen molar-refractivity contribution < 1.29 is 23.8 Å². The van der Waals surface area contributed by atoms with Crippen LogP contribution < -0.4 is 0 Å². The van der Waals surface area contributed by atoms with Gasteiger partial charge in [0.05, 0.1) is 6.54 Å². The van der Waals surface area contributed by atoms with Crippen LogP contribution >= 0.6 is 0 Å². The summed E-state index contributed by atoms with van der Waals surface area (Å²) in [6.07, 6.45) is 1.13. The van der Waals surface area contributed by atoms with E-state index in [4.69, 9.17) is 4.74 Å². The summed E-state index contributed by atoms with van der Waals surface area (Å²) in [6.45, 7) is -0.200. The van der Waals surface area contributed by atoms with Gasteiger partial charge < -0.3 is 14.7 Å². The Morgan fingerprint density at radius 3 is 2.10 bits per heavy atom. The average Bonchev–Trinajstić information content (AvgIpc) is 3.20. The van der Waals surface area contributed by atoms with E-state index >= 15 is 4.39 Å². The van der Waals surface area contributed by atoms with Gasteiger partial charge in [-0.05, 0) is 35.1 Å². The second-order valence-electron chi connectivity index (χ2n) is 8.40. The van der Waals surface area contributed by atoms with Crippen molar-refractivity contribution in [1.29, 1.82) is 0 Å². The molecule has 1 spiro atoms. The van der Waals surface area contributed by atoms with Gasteiger partial charge in [-0.25, -0.2) is 14.0 Å². The second kappa shape index (κ2) is 6.31. The van der Waals surface area contributed by atoms with Gasteiger partial charge in [-0.2, -0.15) is 0 Å². The van der Waals surface area contributed by atoms with Crippen LogP contribution in [0.4, 0.5) is 9.18 Å². The normalized spacial score (nSPS) is 24.1. The molecule has 1 heterocycles. The molecule has 0 radical (unpaired) electrons. The van der Waals surface area contributed by atoms with Gasteiger partial charge in [-0.15, -0.1) is 0 Å². The summed E-state index contributed by atoms with van der Waals surface area (Å²) >= 11 is 0. The number of fused-ring (bicyclic) bond motifs is 3. The van der Waals surface area contributed by atoms with Gasteiger partial charge in [0.2, 0.25) is 5.67 Å². The van der Waals surface area contributed by atoms with Crippen LogP contribution in [-0.2, 0) is 9.53 Å². The number of likely N-dealkylation sites (tertiary alicyclic amines) is 1. The number of carbonyl (C=O) groups is 2. The molecule has 1 aliphatic heterocycles. The van der Waals surface area contributed by atoms with Crippen LogP contribution in [0, 0.1) is 5.41 Å². The Bertz CT molecular complexity index is 956. The van der Waals surface area contributed by atoms with E-state index in [-0.39, 0.29) is 19.1 Å². The molecule has 0 bridgehead atoms. The van der Waals surface area contributed by atoms with Gasteiger partial charge in [0.1, 0.15) is 6.61 Å². The number of carboxylic acids is 1. The molecule has 5 nitrogen and oxygen atoms in total. The molecule has 3 aliphatic rings. The summed E-state index contributed by atoms with van der Waals surface area (Å²) in [5, 5.41) is 9.44. The molecular weight excluding hydrogens is 373 g/mol. The number of halogens is 1. The van der Waals surface area contributed by atoms with Crippen LogP contribution in [0.1, 0.15) is 36.3 Å². The fourth-order valence-corrected chi connectivity index (χ4v) is 5.24. The number of ether oxygens (including phenoxy) is 1. The van der Waals surface area contributed by atoms with E-state index in [1.54, 1.807) is 0 Å². The van der Waals surface area contributed by atoms with Crippen molar-refractivity contribution in [2.75, 3.05) is 19.7 Å². The molecule has 1 atom stereocenters. The van der Waals surface area contributed by atoms with Crippen molar-refractivity contribution in [2.24, 2.45) is 5.41 Å². The van der Waals surface area contributed by atoms with E-state index in [0.29, 0.717) is 12.8 Å². The van der Waals surface area contributed by atoms with Crippen molar-refractivity contribution in [3.05, 3.63) is 59.7 Å². The molecule has 2 aliphatic carbocycles. The minimum atomic E-state index is -2.39. The topological polar surface area (TPSA) is 66.8 Å². The first-order valence-electron chi connectivity index (χ1n) is 9.97. The lowest BCUT2D eigenvalue weighted by Gasteiger charge is -2.43. The van der Waals surface area contributed by atoms with Crippen molar-refractivity contribution in [1.82, 2.24) is 4.90 Å². The Kier molecular flexibility index (Phi) is 3.95. The molecule has 1 unspecified atom stereocenters. The predicted molar refractivity (Wildman–Crippen MR) is 104 cm³/mol. The van der Waals surface area contributed by atoms with Gasteiger partial charge in [0, 0.05) is 17.9 Å². The molecule has 1 saturated carbocycles. The smallest absolute Gasteiger partial charge is 0.409 e. The molecule has 2 aromatic rings. The Morgan fingerprint density at radius 1 is 1.03 bits per heavy atom. The zero-order chi connectivity index (χ0) is 20.2. The molecule has 1 N–H and O–H groups in total. The van der Waals surface area contributed by atoms with E-state index in [2.05, 4.69) is 12.1 Å². The van der Waals surface area contributed by atoms with Crippen molar-refractivity contribution in [3.63, 3.8) is 0 Å². The maximum Gasteiger partial charge on any atom is 0.409 e. The van der Waals surface area contributed by atoms with Gasteiger partial charge in [-0.3, -0.25) is 0 Å². The Labute approximate surface area is 168 Å². The first-order chi connectivity index (χ1) is 14.0. The van der Waals surface area contributed by atoms with Crippen LogP contribution in [0.2, 0.25) is 0 Å². The monoisotopic (exact) mass is 395 g/mol. The summed E-state index contributed by atoms with van der Waals surface area (Å²) in [6, 6.07) is 16.1. The highest BCUT2D eigenvalue weighted by atomic mass is 19.1. The van der Waals surface area contributed by atoms with Crippen LogP contribution in [0.5, 0.6) is 0 Å². The third-order valence-corrected chi connectivity index (χ3v) is 6.99. The standard InChI is InChI=1S/C23H22FNO4/c24-23(20(26)27)14-25(13-22(23)10-5-11-22)21(28)29-12-19-17-8-3-1-6-15(17)16-7-2-4-9-18(16)19/h1-4,6-9,19H,5,10-14H2,(H,26,27). The zero-order valence-corrected chi connectivity index (χ0v) is 15.9. The van der Waals surface area contributed by atoms with Gasteiger partial charge in [0.25, 0.3) is 0 Å². The largest absolute Gasteiger partial charge is 0.479 e. The maximum atomic E-state index is 15.2. The van der Waals surface area contributed by atoms with E-state index in [1.807, 2.05) is 36.4 Å². The Hall–Kier alpha value is -2.89. The maximum absolute atomic E-state index is 15.2. The van der Waals surface area contributed by atoms with Gasteiger partial charge >= 0.3 is 12.1 Å². The van der Waals surface area contributed by atoms with E-state index in [0.717, 1.165) is 28.7 Å². The lowest BCUT2D eigenvalue weighted by Crippen LogP contribution is -2.53. The van der Waals surface area contributed by atoms with E-state index < -0.39 is 29.7 Å². The number of hydrogen-bond donors (Lipinski definition) is 1. The van der Waals surface area contributed by atoms with Crippen molar-refractivity contribution in [3.8, 4) is 11.1 Å². The number of carbonyl (C=O) groups excluding carboxylic acids is 1. The fraction of sp³-hybridized carbons (Fsp3) is 0.391. The number of benzene rings is 2. The Balaban J connectivity index is 1.34. The minimum Gasteiger partial charge on any atom is -0.479 e. The van der Waals surface area contributed by atoms with Crippen LogP contribution in [0.3, 0.4) is 0 Å². The lowest BCUT2D eigenvalue weighted by atomic mass is 9.61. The summed E-state index contributed by atoms with van der Waals surface area (Å²) in [5.74, 6) is -1.56. The molecule has 6 heteroatoms. The molecule has 2 aromatic carbocycles. The molecule has 5 rings (SSSR count). The number of rotatable bonds is 3. The summed E-state index contributed by atoms with van der Waals surface area (Å²) in [7, 11) is 0. The van der Waals surface area contributed by atoms with Gasteiger partial charge in [0.15, 0.2) is 0 Å². The molecule has 2 fully saturated rings. The summed E-state index contributed by atoms with van der Waals surface area (Å²) in [5.41, 5.74) is 1.11. The minimum absolute atomic E-state index is 0.0822. The number of hydrogen-bond acceptors (Lipinski definition) is 3. The van der Waals surface area contributed by atoms with Crippen molar-refractivity contribution in [2.45, 2.75) is 30.8 Å². The second-order valence-corrected chi connectivity index (χ2v) is 8.40. The average molecular weight is 395 g/mol. The fourth-order valence-electron chi connectivity index (χ4n) is 5.24. The summed E-state index contributed by atoms with van der Waals surface area (Å²) in [4.78, 5) is 25.5. The highest BCUT2D eigenvalue weighted by Crippen LogP contribution is 2.56. The first-order valence-corrected chi connectivity index (χ1v) is 9.97. The number of amides is 1. The van der Waals surface area contributed by atoms with E-state index in [9.17, 15) is 14.7 Å². The molecule has 29 heavy (non-hydrogen) atoms. The molecule has 1 saturated heterocycles. The number of carboxylic acid groups (broad SMARTS) is 1. The number of alkyl halides is 1. The van der Waals surface area contributed by atoms with Crippen molar-refractivity contribution >= 4 is 12.1 Å². The molecular formula is C23H22FNO4. The predicted octanol–water partition coefficient (Wildman–Crippen LogP) is 4.21. The summed E-state index contributed by atoms with van der Waals surface area (Å²) < 4.78 is 20.8. The number of aliphatic carboxylic acids is 1. The zero-order valence-electron chi connectivity index (χ0n) is 15.9. The third-order valence-electron chi connectivity index (χ3n) is 6.99. The Morgan fingerprint density at radius 2 is 1.62 bits per heavy atom. The molecule has 0 aromatic heterocycles. The van der Waals surface area contributed by atoms with Gasteiger partial charge in [-0.1, -0.05) is 55.0 Å².